The summed E-state index contributed by atoms with van der Waals surface area (Å²) in [5, 5.41) is 26.8. The molecule has 2 unspecified atom stereocenters. The molecule has 2 atom stereocenters. The Kier molecular flexibility index (Phi) is 9.04. The van der Waals surface area contributed by atoms with Crippen LogP contribution in [0, 0.1) is 0 Å². The van der Waals surface area contributed by atoms with Crippen LogP contribution in [0.25, 0.3) is 0 Å². The van der Waals surface area contributed by atoms with Gasteiger partial charge in [-0.2, -0.15) is 0 Å². The quantitative estimate of drug-likeness (QED) is 0.300. The highest BCUT2D eigenvalue weighted by atomic mass is 16.4. The highest BCUT2D eigenvalue weighted by molar-refractivity contribution is 5.92. The molecule has 0 saturated carbocycles. The molecule has 6 nitrogen and oxygen atoms in total. The van der Waals surface area contributed by atoms with E-state index in [1.54, 1.807) is 6.92 Å². The van der Waals surface area contributed by atoms with Gasteiger partial charge in [0.1, 0.15) is 12.3 Å². The number of aliphatic carboxylic acids is 1. The fourth-order valence-corrected chi connectivity index (χ4v) is 0.316. The van der Waals surface area contributed by atoms with E-state index in [2.05, 4.69) is 18.5 Å². The number of carbonyl (C=O) groups excluding carboxylic acids is 1. The van der Waals surface area contributed by atoms with Crippen molar-refractivity contribution >= 4 is 11.9 Å². The first kappa shape index (κ1) is 16.8. The van der Waals surface area contributed by atoms with Crippen molar-refractivity contribution in [2.45, 2.75) is 26.2 Å². The summed E-state index contributed by atoms with van der Waals surface area (Å²) < 4.78 is 0. The Balaban J connectivity index is 0. The number of aliphatic hydroxyl groups excluding tert-OH is 2. The third kappa shape index (κ3) is 10.4. The Morgan fingerprint density at radius 3 is 1.94 bits per heavy atom. The van der Waals surface area contributed by atoms with E-state index in [9.17, 15) is 9.59 Å². The number of hydrogen-bond donors (Lipinski definition) is 4. The van der Waals surface area contributed by atoms with Crippen molar-refractivity contribution in [1.82, 2.24) is 5.32 Å². The number of carboxylic acids is 1. The molecule has 4 N–H and O–H groups in total. The summed E-state index contributed by atoms with van der Waals surface area (Å²) >= 11 is 0. The largest absolute Gasteiger partial charge is 0.479 e. The monoisotopic (exact) mass is 231 g/mol. The van der Waals surface area contributed by atoms with Crippen molar-refractivity contribution in [3.8, 4) is 0 Å². The zero-order chi connectivity index (χ0) is 13.3. The van der Waals surface area contributed by atoms with Crippen LogP contribution in [0.5, 0.6) is 0 Å². The molecule has 0 fully saturated rings. The van der Waals surface area contributed by atoms with E-state index < -0.39 is 18.3 Å². The van der Waals surface area contributed by atoms with Gasteiger partial charge in [0, 0.05) is 5.57 Å². The van der Waals surface area contributed by atoms with Gasteiger partial charge in [-0.25, -0.2) is 4.79 Å². The molecular formula is C10H17NO5. The highest BCUT2D eigenvalue weighted by Gasteiger charge is 2.03. The van der Waals surface area contributed by atoms with Crippen LogP contribution < -0.4 is 5.32 Å². The van der Waals surface area contributed by atoms with E-state index in [1.165, 1.54) is 13.0 Å². The van der Waals surface area contributed by atoms with Gasteiger partial charge < -0.3 is 20.6 Å². The maximum atomic E-state index is 10.7. The number of carbonyl (C=O) groups is 2. The Labute approximate surface area is 93.9 Å². The summed E-state index contributed by atoms with van der Waals surface area (Å²) in [6.45, 7) is 9.42. The van der Waals surface area contributed by atoms with Crippen molar-refractivity contribution in [1.29, 1.82) is 0 Å². The summed E-state index contributed by atoms with van der Waals surface area (Å²) in [6, 6.07) is 0. The van der Waals surface area contributed by atoms with E-state index in [-0.39, 0.29) is 5.91 Å². The van der Waals surface area contributed by atoms with Crippen LogP contribution >= 0.6 is 0 Å². The third-order valence-electron chi connectivity index (χ3n) is 1.25. The lowest BCUT2D eigenvalue weighted by Gasteiger charge is -2.06. The lowest BCUT2D eigenvalue weighted by atomic mass is 10.3. The maximum Gasteiger partial charge on any atom is 0.332 e. The summed E-state index contributed by atoms with van der Waals surface area (Å²) in [7, 11) is 0. The Hall–Kier alpha value is -1.66. The number of carboxylic acid groups (broad SMARTS) is 1. The zero-order valence-corrected chi connectivity index (χ0v) is 9.30. The minimum Gasteiger partial charge on any atom is -0.479 e. The number of amides is 1. The summed E-state index contributed by atoms with van der Waals surface area (Å²) in [5.41, 5.74) is 0.362. The van der Waals surface area contributed by atoms with Crippen LogP contribution in [0.4, 0.5) is 0 Å². The number of rotatable bonds is 4. The maximum absolute atomic E-state index is 10.7. The van der Waals surface area contributed by atoms with Gasteiger partial charge in [-0.05, 0) is 19.9 Å². The average molecular weight is 231 g/mol. The molecule has 0 heterocycles. The second-order valence-electron chi connectivity index (χ2n) is 2.95. The molecule has 0 aromatic heterocycles. The third-order valence-corrected chi connectivity index (χ3v) is 1.25. The van der Waals surface area contributed by atoms with Crippen molar-refractivity contribution < 1.29 is 24.9 Å². The molecule has 0 bridgehead atoms. The van der Waals surface area contributed by atoms with Crippen LogP contribution in [-0.4, -0.2) is 39.5 Å². The van der Waals surface area contributed by atoms with Gasteiger partial charge in [0.2, 0.25) is 5.91 Å². The molecule has 92 valence electrons. The predicted octanol–water partition coefficient (Wildman–Crippen LogP) is -0.365. The lowest BCUT2D eigenvalue weighted by molar-refractivity contribution is -0.145. The molecule has 0 spiro atoms. The van der Waals surface area contributed by atoms with Gasteiger partial charge in [-0.15, -0.1) is 0 Å². The second kappa shape index (κ2) is 8.63. The SMILES string of the molecule is C=CC(O)NC(=O)C(=C)C.CC(O)C(=O)O. The minimum atomic E-state index is -1.23. The summed E-state index contributed by atoms with van der Waals surface area (Å²) in [6.07, 6.45) is -0.991. The predicted molar refractivity (Wildman–Crippen MR) is 58.5 cm³/mol. The van der Waals surface area contributed by atoms with E-state index in [4.69, 9.17) is 15.3 Å². The molecule has 0 aliphatic heterocycles. The van der Waals surface area contributed by atoms with Gasteiger partial charge in [0.05, 0.1) is 0 Å². The molecular weight excluding hydrogens is 214 g/mol. The molecule has 0 rings (SSSR count). The molecule has 0 saturated heterocycles. The molecule has 6 heteroatoms. The topological polar surface area (TPSA) is 107 Å². The standard InChI is InChI=1S/C7H11NO2.C3H6O3/c1-4-6(9)8-7(10)5(2)3;1-2(4)3(5)6/h4,6,9H,1-2H2,3H3,(H,8,10);2,4H,1H3,(H,5,6). The van der Waals surface area contributed by atoms with Crippen molar-refractivity contribution in [3.63, 3.8) is 0 Å². The van der Waals surface area contributed by atoms with E-state index in [0.717, 1.165) is 0 Å². The van der Waals surface area contributed by atoms with Gasteiger partial charge >= 0.3 is 5.97 Å². The second-order valence-corrected chi connectivity index (χ2v) is 2.95. The van der Waals surface area contributed by atoms with Gasteiger partial charge in [0.25, 0.3) is 0 Å². The molecule has 0 aromatic rings. The van der Waals surface area contributed by atoms with Crippen LogP contribution in [0.3, 0.4) is 0 Å². The van der Waals surface area contributed by atoms with Crippen molar-refractivity contribution in [2.75, 3.05) is 0 Å². The fraction of sp³-hybridized carbons (Fsp3) is 0.400. The molecule has 0 radical (unpaired) electrons. The van der Waals surface area contributed by atoms with Crippen LogP contribution in [0.15, 0.2) is 24.8 Å². The normalized spacial score (nSPS) is 12.5. The number of aliphatic hydroxyl groups is 2. The first-order valence-corrected chi connectivity index (χ1v) is 4.40. The van der Waals surface area contributed by atoms with Crippen molar-refractivity contribution in [2.24, 2.45) is 0 Å². The van der Waals surface area contributed by atoms with E-state index in [1.807, 2.05) is 0 Å². The number of hydrogen-bond acceptors (Lipinski definition) is 4. The van der Waals surface area contributed by atoms with E-state index >= 15 is 0 Å². The smallest absolute Gasteiger partial charge is 0.332 e. The van der Waals surface area contributed by atoms with Crippen LogP contribution in [0.2, 0.25) is 0 Å². The van der Waals surface area contributed by atoms with Gasteiger partial charge in [0.15, 0.2) is 0 Å². The van der Waals surface area contributed by atoms with Crippen LogP contribution in [0.1, 0.15) is 13.8 Å². The Morgan fingerprint density at radius 2 is 1.75 bits per heavy atom. The highest BCUT2D eigenvalue weighted by Crippen LogP contribution is 1.87. The molecule has 0 aromatic carbocycles. The summed E-state index contributed by atoms with van der Waals surface area (Å²) in [5.74, 6) is -1.55. The Morgan fingerprint density at radius 1 is 1.38 bits per heavy atom. The zero-order valence-electron chi connectivity index (χ0n) is 9.30. The van der Waals surface area contributed by atoms with Crippen molar-refractivity contribution in [3.05, 3.63) is 24.8 Å². The molecule has 0 aliphatic carbocycles. The molecule has 1 amide bonds. The Bertz CT molecular complexity index is 272. The molecule has 16 heavy (non-hydrogen) atoms. The van der Waals surface area contributed by atoms with Crippen LogP contribution in [-0.2, 0) is 9.59 Å². The average Bonchev–Trinajstić information content (AvgIpc) is 2.18. The first-order chi connectivity index (χ1) is 7.22. The first-order valence-electron chi connectivity index (χ1n) is 4.40. The fourth-order valence-electron chi connectivity index (χ4n) is 0.316. The minimum absolute atomic E-state index is 0.362. The lowest BCUT2D eigenvalue weighted by Crippen LogP contribution is -2.33. The van der Waals surface area contributed by atoms with Gasteiger partial charge in [-0.1, -0.05) is 13.2 Å². The summed E-state index contributed by atoms with van der Waals surface area (Å²) in [4.78, 5) is 20.1. The number of nitrogens with one attached hydrogen (secondary N) is 1. The van der Waals surface area contributed by atoms with E-state index in [0.29, 0.717) is 5.57 Å². The van der Waals surface area contributed by atoms with Gasteiger partial charge in [-0.3, -0.25) is 4.79 Å². The molecule has 0 aliphatic rings.